The highest BCUT2D eigenvalue weighted by Crippen LogP contribution is 2.26. The third-order valence-corrected chi connectivity index (χ3v) is 4.59. The van der Waals surface area contributed by atoms with Crippen molar-refractivity contribution >= 4 is 22.8 Å². The molecule has 1 fully saturated rings. The summed E-state index contributed by atoms with van der Waals surface area (Å²) < 4.78 is 0. The summed E-state index contributed by atoms with van der Waals surface area (Å²) in [5.74, 6) is 0.977. The third-order valence-electron chi connectivity index (χ3n) is 3.67. The van der Waals surface area contributed by atoms with Crippen LogP contribution in [0.1, 0.15) is 22.7 Å². The zero-order valence-electron chi connectivity index (χ0n) is 12.1. The molecular weight excluding hydrogens is 284 g/mol. The van der Waals surface area contributed by atoms with E-state index in [1.807, 2.05) is 25.4 Å². The zero-order valence-corrected chi connectivity index (χ0v) is 12.9. The van der Waals surface area contributed by atoms with Crippen LogP contribution in [0.3, 0.4) is 0 Å². The fourth-order valence-electron chi connectivity index (χ4n) is 2.53. The Morgan fingerprint density at radius 1 is 1.38 bits per heavy atom. The quantitative estimate of drug-likeness (QED) is 0.908. The van der Waals surface area contributed by atoms with Crippen LogP contribution in [0.25, 0.3) is 0 Å². The second kappa shape index (κ2) is 6.41. The van der Waals surface area contributed by atoms with Crippen LogP contribution in [-0.4, -0.2) is 34.3 Å². The minimum atomic E-state index is -0.165. The molecule has 112 valence electrons. The summed E-state index contributed by atoms with van der Waals surface area (Å²) in [6.07, 6.45) is 5.19. The molecule has 0 aromatic carbocycles. The van der Waals surface area contributed by atoms with Gasteiger partial charge in [0.25, 0.3) is 0 Å². The van der Waals surface area contributed by atoms with Gasteiger partial charge in [0.1, 0.15) is 0 Å². The minimum Gasteiger partial charge on any atom is -0.393 e. The maximum atomic E-state index is 9.63. The minimum absolute atomic E-state index is 0.165. The molecule has 2 N–H and O–H groups in total. The van der Waals surface area contributed by atoms with Crippen molar-refractivity contribution in [2.75, 3.05) is 23.3 Å². The molecule has 3 heterocycles. The average molecular weight is 304 g/mol. The number of anilines is 2. The highest BCUT2D eigenvalue weighted by molar-refractivity contribution is 7.11. The molecule has 1 aliphatic rings. The van der Waals surface area contributed by atoms with E-state index >= 15 is 0 Å². The normalized spacial score (nSPS) is 16.2. The maximum absolute atomic E-state index is 9.63. The predicted molar refractivity (Wildman–Crippen MR) is 85.9 cm³/mol. The molecule has 0 saturated carbocycles. The molecule has 0 aliphatic carbocycles. The number of aryl methyl sites for hydroxylation is 1. The van der Waals surface area contributed by atoms with Crippen LogP contribution in [0.4, 0.5) is 11.5 Å². The molecule has 21 heavy (non-hydrogen) atoms. The topological polar surface area (TPSA) is 61.3 Å². The van der Waals surface area contributed by atoms with Crippen LogP contribution in [0.2, 0.25) is 0 Å². The molecule has 3 rings (SSSR count). The zero-order chi connectivity index (χ0) is 14.7. The van der Waals surface area contributed by atoms with Gasteiger partial charge in [-0.25, -0.2) is 9.97 Å². The first-order valence-electron chi connectivity index (χ1n) is 7.25. The molecule has 5 nitrogen and oxygen atoms in total. The van der Waals surface area contributed by atoms with E-state index in [0.717, 1.165) is 49.0 Å². The van der Waals surface area contributed by atoms with E-state index in [0.29, 0.717) is 0 Å². The lowest BCUT2D eigenvalue weighted by Crippen LogP contribution is -2.36. The molecule has 2 aromatic rings. The summed E-state index contributed by atoms with van der Waals surface area (Å²) in [7, 11) is 0. The van der Waals surface area contributed by atoms with Gasteiger partial charge in [-0.1, -0.05) is 0 Å². The van der Waals surface area contributed by atoms with E-state index in [1.54, 1.807) is 11.3 Å². The first-order valence-corrected chi connectivity index (χ1v) is 8.07. The van der Waals surface area contributed by atoms with Gasteiger partial charge in [-0.2, -0.15) is 0 Å². The molecule has 1 saturated heterocycles. The lowest BCUT2D eigenvalue weighted by atomic mass is 10.1. The SMILES string of the molecule is Cc1ncc(CNc2cccnc2N2CCC(O)CC2)s1. The lowest BCUT2D eigenvalue weighted by molar-refractivity contribution is 0.145. The lowest BCUT2D eigenvalue weighted by Gasteiger charge is -2.31. The Bertz CT molecular complexity index is 593. The standard InChI is InChI=1S/C15H20N4OS/c1-11-17-9-13(21-11)10-18-14-3-2-6-16-15(14)19-7-4-12(20)5-8-19/h2-3,6,9,12,18,20H,4-5,7-8,10H2,1H3. The van der Waals surface area contributed by atoms with E-state index in [2.05, 4.69) is 26.3 Å². The molecule has 2 aromatic heterocycles. The Kier molecular flexibility index (Phi) is 4.36. The molecule has 0 bridgehead atoms. The number of aromatic nitrogens is 2. The average Bonchev–Trinajstić information content (AvgIpc) is 2.92. The summed E-state index contributed by atoms with van der Waals surface area (Å²) in [5, 5.41) is 14.2. The summed E-state index contributed by atoms with van der Waals surface area (Å²) >= 11 is 1.71. The van der Waals surface area contributed by atoms with Crippen LogP contribution < -0.4 is 10.2 Å². The Balaban J connectivity index is 1.70. The third kappa shape index (κ3) is 3.51. The number of rotatable bonds is 4. The summed E-state index contributed by atoms with van der Waals surface area (Å²) in [5.41, 5.74) is 1.04. The molecule has 1 aliphatic heterocycles. The maximum Gasteiger partial charge on any atom is 0.151 e. The number of hydrogen-bond donors (Lipinski definition) is 2. The van der Waals surface area contributed by atoms with Gasteiger partial charge < -0.3 is 15.3 Å². The van der Waals surface area contributed by atoms with Crippen LogP contribution in [0.5, 0.6) is 0 Å². The predicted octanol–water partition coefficient (Wildman–Crippen LogP) is 2.42. The molecule has 0 radical (unpaired) electrons. The molecule has 6 heteroatoms. The second-order valence-electron chi connectivity index (χ2n) is 5.29. The number of pyridine rings is 1. The van der Waals surface area contributed by atoms with Gasteiger partial charge in [0, 0.05) is 30.4 Å². The molecular formula is C15H20N4OS. The number of nitrogens with zero attached hydrogens (tertiary/aromatic N) is 3. The Morgan fingerprint density at radius 2 is 2.19 bits per heavy atom. The van der Waals surface area contributed by atoms with Gasteiger partial charge in [0.05, 0.1) is 23.3 Å². The van der Waals surface area contributed by atoms with E-state index < -0.39 is 0 Å². The van der Waals surface area contributed by atoms with Gasteiger partial charge in [0.15, 0.2) is 5.82 Å². The fourth-order valence-corrected chi connectivity index (χ4v) is 3.27. The van der Waals surface area contributed by atoms with Crippen LogP contribution in [-0.2, 0) is 6.54 Å². The number of piperidine rings is 1. The van der Waals surface area contributed by atoms with E-state index in [9.17, 15) is 5.11 Å². The molecule has 0 atom stereocenters. The van der Waals surface area contributed by atoms with Crippen molar-refractivity contribution in [3.05, 3.63) is 34.4 Å². The van der Waals surface area contributed by atoms with Crippen molar-refractivity contribution in [3.63, 3.8) is 0 Å². The van der Waals surface area contributed by atoms with Gasteiger partial charge in [-0.15, -0.1) is 11.3 Å². The summed E-state index contributed by atoms with van der Waals surface area (Å²) in [6, 6.07) is 4.00. The molecule has 0 unspecified atom stereocenters. The summed E-state index contributed by atoms with van der Waals surface area (Å²) in [4.78, 5) is 12.3. The van der Waals surface area contributed by atoms with Gasteiger partial charge in [0.2, 0.25) is 0 Å². The molecule has 0 spiro atoms. The first-order chi connectivity index (χ1) is 10.2. The first kappa shape index (κ1) is 14.3. The van der Waals surface area contributed by atoms with Gasteiger partial charge in [-0.3, -0.25) is 0 Å². The van der Waals surface area contributed by atoms with Crippen molar-refractivity contribution in [1.29, 1.82) is 0 Å². The van der Waals surface area contributed by atoms with E-state index in [1.165, 1.54) is 4.88 Å². The van der Waals surface area contributed by atoms with Crippen molar-refractivity contribution < 1.29 is 5.11 Å². The van der Waals surface area contributed by atoms with Crippen molar-refractivity contribution in [3.8, 4) is 0 Å². The number of aliphatic hydroxyl groups is 1. The smallest absolute Gasteiger partial charge is 0.151 e. The van der Waals surface area contributed by atoms with Crippen LogP contribution in [0.15, 0.2) is 24.5 Å². The van der Waals surface area contributed by atoms with E-state index in [-0.39, 0.29) is 6.10 Å². The summed E-state index contributed by atoms with van der Waals surface area (Å²) in [6.45, 7) is 4.49. The number of hydrogen-bond acceptors (Lipinski definition) is 6. The Morgan fingerprint density at radius 3 is 2.90 bits per heavy atom. The monoisotopic (exact) mass is 304 g/mol. The fraction of sp³-hybridized carbons (Fsp3) is 0.467. The van der Waals surface area contributed by atoms with Crippen molar-refractivity contribution in [2.24, 2.45) is 0 Å². The highest BCUT2D eigenvalue weighted by Gasteiger charge is 2.20. The Hall–Kier alpha value is -1.66. The van der Waals surface area contributed by atoms with E-state index in [4.69, 9.17) is 0 Å². The van der Waals surface area contributed by atoms with Crippen LogP contribution in [0, 0.1) is 6.92 Å². The van der Waals surface area contributed by atoms with Crippen molar-refractivity contribution in [1.82, 2.24) is 9.97 Å². The van der Waals surface area contributed by atoms with Gasteiger partial charge >= 0.3 is 0 Å². The van der Waals surface area contributed by atoms with Crippen molar-refractivity contribution in [2.45, 2.75) is 32.4 Å². The largest absolute Gasteiger partial charge is 0.393 e. The number of thiazole rings is 1. The highest BCUT2D eigenvalue weighted by atomic mass is 32.1. The number of aliphatic hydroxyl groups excluding tert-OH is 1. The number of nitrogens with one attached hydrogen (secondary N) is 1. The van der Waals surface area contributed by atoms with Crippen LogP contribution >= 0.6 is 11.3 Å². The molecule has 0 amide bonds. The Labute approximate surface area is 128 Å². The second-order valence-corrected chi connectivity index (χ2v) is 6.61. The van der Waals surface area contributed by atoms with Gasteiger partial charge in [-0.05, 0) is 31.9 Å².